The van der Waals surface area contributed by atoms with Gasteiger partial charge in [0.25, 0.3) is 0 Å². The van der Waals surface area contributed by atoms with Crippen LogP contribution in [0.4, 0.5) is 0 Å². The standard InChI is InChI=1S/C12H20N6O2/c1-6-12(4)10(20)18(11(2,3)9(19)13-12)7-8-14-16-17(5)15-8/h6-7H2,1-5H3,(H,13,19). The first-order chi connectivity index (χ1) is 9.20. The maximum absolute atomic E-state index is 12.7. The lowest BCUT2D eigenvalue weighted by Gasteiger charge is -2.48. The molecule has 1 N–H and O–H groups in total. The van der Waals surface area contributed by atoms with E-state index in [9.17, 15) is 9.59 Å². The number of aryl methyl sites for hydroxylation is 1. The first-order valence-corrected chi connectivity index (χ1v) is 6.58. The summed E-state index contributed by atoms with van der Waals surface area (Å²) < 4.78 is 0. The van der Waals surface area contributed by atoms with Crippen LogP contribution in [0.3, 0.4) is 0 Å². The molecule has 110 valence electrons. The molecule has 2 rings (SSSR count). The number of carbonyl (C=O) groups is 2. The third-order valence-corrected chi connectivity index (χ3v) is 3.89. The Balaban J connectivity index is 2.35. The van der Waals surface area contributed by atoms with E-state index in [-0.39, 0.29) is 18.4 Å². The van der Waals surface area contributed by atoms with Gasteiger partial charge in [0.1, 0.15) is 11.1 Å². The molecule has 20 heavy (non-hydrogen) atoms. The summed E-state index contributed by atoms with van der Waals surface area (Å²) in [7, 11) is 1.66. The van der Waals surface area contributed by atoms with Gasteiger partial charge in [0, 0.05) is 0 Å². The quantitative estimate of drug-likeness (QED) is 0.814. The summed E-state index contributed by atoms with van der Waals surface area (Å²) in [4.78, 5) is 27.8. The van der Waals surface area contributed by atoms with Crippen LogP contribution in [0.25, 0.3) is 0 Å². The van der Waals surface area contributed by atoms with E-state index in [1.54, 1.807) is 27.8 Å². The Labute approximate surface area is 117 Å². The smallest absolute Gasteiger partial charge is 0.249 e. The number of hydrogen-bond acceptors (Lipinski definition) is 5. The summed E-state index contributed by atoms with van der Waals surface area (Å²) in [6.45, 7) is 7.20. The monoisotopic (exact) mass is 280 g/mol. The van der Waals surface area contributed by atoms with Crippen molar-refractivity contribution in [2.24, 2.45) is 7.05 Å². The van der Waals surface area contributed by atoms with Crippen molar-refractivity contribution in [3.63, 3.8) is 0 Å². The minimum atomic E-state index is -0.940. The summed E-state index contributed by atoms with van der Waals surface area (Å²) in [5.74, 6) is 0.115. The maximum Gasteiger partial charge on any atom is 0.249 e. The number of piperazine rings is 1. The van der Waals surface area contributed by atoms with Crippen LogP contribution in [0.2, 0.25) is 0 Å². The van der Waals surface area contributed by atoms with Crippen LogP contribution < -0.4 is 5.32 Å². The Bertz CT molecular complexity index is 552. The van der Waals surface area contributed by atoms with E-state index in [1.807, 2.05) is 6.92 Å². The number of amides is 2. The predicted octanol–water partition coefficient (Wildman–Crippen LogP) is -0.384. The van der Waals surface area contributed by atoms with Gasteiger partial charge in [0.05, 0.1) is 13.6 Å². The highest BCUT2D eigenvalue weighted by Gasteiger charge is 2.51. The van der Waals surface area contributed by atoms with Gasteiger partial charge in [-0.25, -0.2) is 0 Å². The van der Waals surface area contributed by atoms with Crippen molar-refractivity contribution in [3.05, 3.63) is 5.82 Å². The van der Waals surface area contributed by atoms with Crippen molar-refractivity contribution in [1.82, 2.24) is 30.4 Å². The van der Waals surface area contributed by atoms with Crippen LogP contribution in [0, 0.1) is 0 Å². The Hall–Kier alpha value is -1.99. The van der Waals surface area contributed by atoms with E-state index in [0.717, 1.165) is 0 Å². The average Bonchev–Trinajstić information content (AvgIpc) is 2.78. The molecule has 0 radical (unpaired) electrons. The summed E-state index contributed by atoms with van der Waals surface area (Å²) in [6.07, 6.45) is 0.526. The third kappa shape index (κ3) is 2.14. The highest BCUT2D eigenvalue weighted by atomic mass is 16.2. The second-order valence-corrected chi connectivity index (χ2v) is 5.79. The number of carbonyl (C=O) groups excluding carboxylic acids is 2. The highest BCUT2D eigenvalue weighted by molar-refractivity contribution is 6.01. The number of tetrazole rings is 1. The molecule has 1 unspecified atom stereocenters. The van der Waals surface area contributed by atoms with E-state index >= 15 is 0 Å². The molecule has 2 heterocycles. The number of hydrogen-bond donors (Lipinski definition) is 1. The molecule has 1 saturated heterocycles. The molecule has 0 spiro atoms. The molecule has 0 aliphatic carbocycles. The summed E-state index contributed by atoms with van der Waals surface area (Å²) in [6, 6.07) is 0. The molecule has 1 aliphatic heterocycles. The number of nitrogens with one attached hydrogen (secondary N) is 1. The minimum Gasteiger partial charge on any atom is -0.340 e. The molecule has 1 aromatic rings. The van der Waals surface area contributed by atoms with E-state index < -0.39 is 11.1 Å². The molecule has 0 bridgehead atoms. The number of nitrogens with zero attached hydrogens (tertiary/aromatic N) is 5. The summed E-state index contributed by atoms with van der Waals surface area (Å²) >= 11 is 0. The Morgan fingerprint density at radius 2 is 1.90 bits per heavy atom. The zero-order valence-electron chi connectivity index (χ0n) is 12.5. The molecular weight excluding hydrogens is 260 g/mol. The van der Waals surface area contributed by atoms with Crippen molar-refractivity contribution >= 4 is 11.8 Å². The van der Waals surface area contributed by atoms with Crippen molar-refractivity contribution < 1.29 is 9.59 Å². The van der Waals surface area contributed by atoms with Gasteiger partial charge in [0.2, 0.25) is 11.8 Å². The zero-order valence-corrected chi connectivity index (χ0v) is 12.5. The molecular formula is C12H20N6O2. The van der Waals surface area contributed by atoms with Crippen molar-refractivity contribution in [2.75, 3.05) is 0 Å². The summed E-state index contributed by atoms with van der Waals surface area (Å²) in [5.41, 5.74) is -1.82. The normalized spacial score (nSPS) is 25.8. The first-order valence-electron chi connectivity index (χ1n) is 6.58. The number of rotatable bonds is 3. The molecule has 1 fully saturated rings. The fourth-order valence-corrected chi connectivity index (χ4v) is 2.17. The lowest BCUT2D eigenvalue weighted by molar-refractivity contribution is -0.161. The summed E-state index contributed by atoms with van der Waals surface area (Å²) in [5, 5.41) is 14.5. The van der Waals surface area contributed by atoms with E-state index in [0.29, 0.717) is 12.2 Å². The zero-order chi connectivity index (χ0) is 15.1. The largest absolute Gasteiger partial charge is 0.340 e. The SMILES string of the molecule is CCC1(C)NC(=O)C(C)(C)N(Cc2nnn(C)n2)C1=O. The Morgan fingerprint density at radius 3 is 2.40 bits per heavy atom. The Kier molecular flexibility index (Phi) is 3.27. The topological polar surface area (TPSA) is 93.0 Å². The highest BCUT2D eigenvalue weighted by Crippen LogP contribution is 2.28. The number of aromatic nitrogens is 4. The van der Waals surface area contributed by atoms with Crippen molar-refractivity contribution in [1.29, 1.82) is 0 Å². The molecule has 8 nitrogen and oxygen atoms in total. The second-order valence-electron chi connectivity index (χ2n) is 5.79. The van der Waals surface area contributed by atoms with Crippen LogP contribution in [0.5, 0.6) is 0 Å². The van der Waals surface area contributed by atoms with Gasteiger partial charge in [-0.3, -0.25) is 9.59 Å². The second kappa shape index (κ2) is 4.53. The minimum absolute atomic E-state index is 0.128. The molecule has 2 amide bonds. The van der Waals surface area contributed by atoms with Crippen LogP contribution in [0.1, 0.15) is 39.9 Å². The van der Waals surface area contributed by atoms with E-state index in [4.69, 9.17) is 0 Å². The van der Waals surface area contributed by atoms with Crippen LogP contribution in [-0.4, -0.2) is 48.0 Å². The van der Waals surface area contributed by atoms with Gasteiger partial charge >= 0.3 is 0 Å². The molecule has 8 heteroatoms. The van der Waals surface area contributed by atoms with Gasteiger partial charge in [-0.05, 0) is 32.4 Å². The lowest BCUT2D eigenvalue weighted by Crippen LogP contribution is -2.72. The van der Waals surface area contributed by atoms with Gasteiger partial charge in [-0.15, -0.1) is 10.2 Å². The van der Waals surface area contributed by atoms with E-state index in [2.05, 4.69) is 20.7 Å². The van der Waals surface area contributed by atoms with Crippen molar-refractivity contribution in [3.8, 4) is 0 Å². The molecule has 1 atom stereocenters. The third-order valence-electron chi connectivity index (χ3n) is 3.89. The van der Waals surface area contributed by atoms with E-state index in [1.165, 1.54) is 9.70 Å². The lowest BCUT2D eigenvalue weighted by atomic mass is 9.87. The van der Waals surface area contributed by atoms with Gasteiger partial charge in [-0.2, -0.15) is 4.80 Å². The molecule has 0 aromatic carbocycles. The van der Waals surface area contributed by atoms with Crippen molar-refractivity contribution in [2.45, 2.75) is 51.7 Å². The average molecular weight is 280 g/mol. The molecule has 1 aliphatic rings. The fourth-order valence-electron chi connectivity index (χ4n) is 2.17. The molecule has 0 saturated carbocycles. The Morgan fingerprint density at radius 1 is 1.25 bits per heavy atom. The molecule has 1 aromatic heterocycles. The van der Waals surface area contributed by atoms with Gasteiger partial charge in [0.15, 0.2) is 5.82 Å². The maximum atomic E-state index is 12.7. The fraction of sp³-hybridized carbons (Fsp3) is 0.750. The van der Waals surface area contributed by atoms with Crippen LogP contribution in [-0.2, 0) is 23.2 Å². The van der Waals surface area contributed by atoms with Gasteiger partial charge in [-0.1, -0.05) is 6.92 Å². The van der Waals surface area contributed by atoms with Crippen LogP contribution >= 0.6 is 0 Å². The predicted molar refractivity (Wildman–Crippen MR) is 70.3 cm³/mol. The van der Waals surface area contributed by atoms with Gasteiger partial charge < -0.3 is 10.2 Å². The first kappa shape index (κ1) is 14.4. The van der Waals surface area contributed by atoms with Crippen LogP contribution in [0.15, 0.2) is 0 Å².